The minimum absolute atomic E-state index is 0. The molecular formula is C11H23ClN2O. The molecule has 0 aromatic carbocycles. The second kappa shape index (κ2) is 4.71. The summed E-state index contributed by atoms with van der Waals surface area (Å²) >= 11 is 0. The zero-order valence-electron chi connectivity index (χ0n) is 10.3. The van der Waals surface area contributed by atoms with Crippen molar-refractivity contribution in [3.8, 4) is 0 Å². The standard InChI is InChI=1S/C11H22N2O.ClH/c1-10(2,3)9(14)12-6-8-11(4,5)7-13-8;/h8,13H,6-7H2,1-5H3,(H,12,14);1H. The van der Waals surface area contributed by atoms with Crippen molar-refractivity contribution in [1.29, 1.82) is 0 Å². The fraction of sp³-hybridized carbons (Fsp3) is 0.909. The quantitative estimate of drug-likeness (QED) is 0.762. The smallest absolute Gasteiger partial charge is 0.225 e. The molecule has 0 saturated carbocycles. The number of rotatable bonds is 2. The van der Waals surface area contributed by atoms with Gasteiger partial charge >= 0.3 is 0 Å². The third-order valence-electron chi connectivity index (χ3n) is 2.90. The largest absolute Gasteiger partial charge is 0.354 e. The van der Waals surface area contributed by atoms with Crippen LogP contribution in [0.25, 0.3) is 0 Å². The molecule has 1 atom stereocenters. The molecule has 1 amide bonds. The Morgan fingerprint density at radius 2 is 2.00 bits per heavy atom. The second-order valence-electron chi connectivity index (χ2n) is 5.88. The molecule has 0 aliphatic carbocycles. The maximum Gasteiger partial charge on any atom is 0.225 e. The van der Waals surface area contributed by atoms with Gasteiger partial charge in [-0.3, -0.25) is 4.79 Å². The summed E-state index contributed by atoms with van der Waals surface area (Å²) in [5, 5.41) is 6.31. The van der Waals surface area contributed by atoms with Gasteiger partial charge < -0.3 is 10.6 Å². The van der Waals surface area contributed by atoms with Crippen molar-refractivity contribution in [2.45, 2.75) is 40.7 Å². The molecule has 1 fully saturated rings. The summed E-state index contributed by atoms with van der Waals surface area (Å²) in [5.74, 6) is 0.127. The summed E-state index contributed by atoms with van der Waals surface area (Å²) in [5.41, 5.74) is 0.0407. The molecule has 1 saturated heterocycles. The van der Waals surface area contributed by atoms with Crippen LogP contribution in [0.3, 0.4) is 0 Å². The monoisotopic (exact) mass is 234 g/mol. The van der Waals surface area contributed by atoms with Gasteiger partial charge in [0.15, 0.2) is 0 Å². The molecule has 3 nitrogen and oxygen atoms in total. The number of nitrogens with one attached hydrogen (secondary N) is 2. The SMILES string of the molecule is CC(C)(C)C(=O)NCC1NCC1(C)C.Cl. The van der Waals surface area contributed by atoms with Crippen LogP contribution in [0.2, 0.25) is 0 Å². The minimum Gasteiger partial charge on any atom is -0.354 e. The molecule has 0 aromatic rings. The van der Waals surface area contributed by atoms with Gasteiger partial charge in [0.05, 0.1) is 0 Å². The Balaban J connectivity index is 0.00000196. The van der Waals surface area contributed by atoms with Gasteiger partial charge in [-0.2, -0.15) is 0 Å². The third-order valence-corrected chi connectivity index (χ3v) is 2.90. The van der Waals surface area contributed by atoms with Gasteiger partial charge in [-0.25, -0.2) is 0 Å². The Morgan fingerprint density at radius 3 is 2.27 bits per heavy atom. The highest BCUT2D eigenvalue weighted by Crippen LogP contribution is 2.27. The van der Waals surface area contributed by atoms with Crippen molar-refractivity contribution >= 4 is 18.3 Å². The number of hydrogen-bond acceptors (Lipinski definition) is 2. The van der Waals surface area contributed by atoms with Gasteiger partial charge in [0.1, 0.15) is 0 Å². The molecule has 90 valence electrons. The van der Waals surface area contributed by atoms with Crippen LogP contribution in [-0.2, 0) is 4.79 Å². The van der Waals surface area contributed by atoms with Crippen LogP contribution in [0, 0.1) is 10.8 Å². The highest BCUT2D eigenvalue weighted by molar-refractivity contribution is 5.85. The third kappa shape index (κ3) is 3.65. The first-order valence-electron chi connectivity index (χ1n) is 5.25. The number of amides is 1. The van der Waals surface area contributed by atoms with E-state index in [0.717, 1.165) is 13.1 Å². The Bertz CT molecular complexity index is 233. The van der Waals surface area contributed by atoms with E-state index in [4.69, 9.17) is 0 Å². The average molecular weight is 235 g/mol. The lowest BCUT2D eigenvalue weighted by Crippen LogP contribution is -2.63. The normalized spacial score (nSPS) is 23.7. The van der Waals surface area contributed by atoms with Gasteiger partial charge in [-0.1, -0.05) is 34.6 Å². The van der Waals surface area contributed by atoms with Crippen LogP contribution in [0.1, 0.15) is 34.6 Å². The summed E-state index contributed by atoms with van der Waals surface area (Å²) in [6, 6.07) is 0.425. The maximum absolute atomic E-state index is 11.6. The number of carbonyl (C=O) groups excluding carboxylic acids is 1. The van der Waals surface area contributed by atoms with E-state index >= 15 is 0 Å². The first-order chi connectivity index (χ1) is 6.23. The van der Waals surface area contributed by atoms with Gasteiger partial charge in [-0.05, 0) is 5.41 Å². The van der Waals surface area contributed by atoms with Crippen molar-refractivity contribution in [2.24, 2.45) is 10.8 Å². The lowest BCUT2D eigenvalue weighted by Gasteiger charge is -2.46. The van der Waals surface area contributed by atoms with E-state index in [2.05, 4.69) is 24.5 Å². The van der Waals surface area contributed by atoms with E-state index < -0.39 is 0 Å². The topological polar surface area (TPSA) is 41.1 Å². The van der Waals surface area contributed by atoms with Crippen molar-refractivity contribution in [3.05, 3.63) is 0 Å². The van der Waals surface area contributed by atoms with Crippen LogP contribution in [0.4, 0.5) is 0 Å². The maximum atomic E-state index is 11.6. The van der Waals surface area contributed by atoms with E-state index in [0.29, 0.717) is 11.5 Å². The second-order valence-corrected chi connectivity index (χ2v) is 5.88. The first-order valence-corrected chi connectivity index (χ1v) is 5.25. The Kier molecular flexibility index (Phi) is 4.62. The summed E-state index contributed by atoms with van der Waals surface area (Å²) in [6.07, 6.45) is 0. The number of carbonyl (C=O) groups is 1. The molecule has 1 rings (SSSR count). The fourth-order valence-corrected chi connectivity index (χ4v) is 1.46. The molecule has 15 heavy (non-hydrogen) atoms. The van der Waals surface area contributed by atoms with Crippen LogP contribution in [0.5, 0.6) is 0 Å². The number of halogens is 1. The molecular weight excluding hydrogens is 212 g/mol. The zero-order chi connectivity index (χ0) is 11.0. The zero-order valence-corrected chi connectivity index (χ0v) is 11.1. The molecule has 0 aromatic heterocycles. The predicted molar refractivity (Wildman–Crippen MR) is 65.3 cm³/mol. The first kappa shape index (κ1) is 14.7. The van der Waals surface area contributed by atoms with Crippen LogP contribution in [-0.4, -0.2) is 25.0 Å². The number of hydrogen-bond donors (Lipinski definition) is 2. The summed E-state index contributed by atoms with van der Waals surface area (Å²) in [4.78, 5) is 11.6. The summed E-state index contributed by atoms with van der Waals surface area (Å²) < 4.78 is 0. The Hall–Kier alpha value is -0.280. The van der Waals surface area contributed by atoms with Crippen LogP contribution >= 0.6 is 12.4 Å². The van der Waals surface area contributed by atoms with E-state index in [1.54, 1.807) is 0 Å². The van der Waals surface area contributed by atoms with Crippen molar-refractivity contribution < 1.29 is 4.79 Å². The highest BCUT2D eigenvalue weighted by Gasteiger charge is 2.38. The lowest BCUT2D eigenvalue weighted by atomic mass is 9.77. The molecule has 1 aliphatic rings. The van der Waals surface area contributed by atoms with Gasteiger partial charge in [-0.15, -0.1) is 12.4 Å². The molecule has 0 radical (unpaired) electrons. The Morgan fingerprint density at radius 1 is 1.47 bits per heavy atom. The van der Waals surface area contributed by atoms with Crippen LogP contribution < -0.4 is 10.6 Å². The van der Waals surface area contributed by atoms with E-state index in [-0.39, 0.29) is 23.7 Å². The lowest BCUT2D eigenvalue weighted by molar-refractivity contribution is -0.128. The molecule has 0 bridgehead atoms. The van der Waals surface area contributed by atoms with Gasteiger partial charge in [0.25, 0.3) is 0 Å². The van der Waals surface area contributed by atoms with Crippen molar-refractivity contribution in [3.63, 3.8) is 0 Å². The predicted octanol–water partition coefficient (Wildman–Crippen LogP) is 1.57. The average Bonchev–Trinajstić information content (AvgIpc) is 2.01. The highest BCUT2D eigenvalue weighted by atomic mass is 35.5. The Labute approximate surface area is 98.8 Å². The summed E-state index contributed by atoms with van der Waals surface area (Å²) in [6.45, 7) is 12.0. The van der Waals surface area contributed by atoms with Crippen LogP contribution in [0.15, 0.2) is 0 Å². The van der Waals surface area contributed by atoms with E-state index in [1.165, 1.54) is 0 Å². The van der Waals surface area contributed by atoms with Crippen molar-refractivity contribution in [2.75, 3.05) is 13.1 Å². The van der Waals surface area contributed by atoms with E-state index in [1.807, 2.05) is 20.8 Å². The molecule has 1 heterocycles. The van der Waals surface area contributed by atoms with Gasteiger partial charge in [0.2, 0.25) is 5.91 Å². The summed E-state index contributed by atoms with van der Waals surface area (Å²) in [7, 11) is 0. The molecule has 4 heteroatoms. The molecule has 0 spiro atoms. The molecule has 1 aliphatic heterocycles. The minimum atomic E-state index is -0.284. The van der Waals surface area contributed by atoms with Gasteiger partial charge in [0, 0.05) is 24.5 Å². The molecule has 1 unspecified atom stereocenters. The molecule has 2 N–H and O–H groups in total. The van der Waals surface area contributed by atoms with E-state index in [9.17, 15) is 4.79 Å². The fourth-order valence-electron chi connectivity index (χ4n) is 1.46. The van der Waals surface area contributed by atoms with Crippen molar-refractivity contribution in [1.82, 2.24) is 10.6 Å².